The highest BCUT2D eigenvalue weighted by Gasteiger charge is 2.15. The average Bonchev–Trinajstić information content (AvgIpc) is 2.78. The van der Waals surface area contributed by atoms with E-state index in [1.165, 1.54) is 7.11 Å². The lowest BCUT2D eigenvalue weighted by Crippen LogP contribution is -2.10. The van der Waals surface area contributed by atoms with E-state index in [2.05, 4.69) is 4.98 Å². The quantitative estimate of drug-likeness (QED) is 0.665. The van der Waals surface area contributed by atoms with Crippen molar-refractivity contribution in [3.05, 3.63) is 42.2 Å². The molecule has 2 aromatic rings. The van der Waals surface area contributed by atoms with Crippen molar-refractivity contribution in [2.24, 2.45) is 0 Å². The maximum Gasteiger partial charge on any atom is 0.341 e. The number of aromatic amines is 1. The van der Waals surface area contributed by atoms with Crippen molar-refractivity contribution < 1.29 is 9.53 Å². The van der Waals surface area contributed by atoms with Gasteiger partial charge in [-0.15, -0.1) is 0 Å². The van der Waals surface area contributed by atoms with Crippen LogP contribution in [0.1, 0.15) is 5.69 Å². The fraction of sp³-hybridized carbons (Fsp3) is 0.214. The Morgan fingerprint density at radius 2 is 2.06 bits per heavy atom. The van der Waals surface area contributed by atoms with E-state index in [0.717, 1.165) is 16.6 Å². The van der Waals surface area contributed by atoms with Gasteiger partial charge < -0.3 is 14.6 Å². The molecule has 1 aromatic heterocycles. The third-order valence-electron chi connectivity index (χ3n) is 2.61. The summed E-state index contributed by atoms with van der Waals surface area (Å²) in [5.41, 5.74) is 2.27. The molecule has 0 saturated heterocycles. The van der Waals surface area contributed by atoms with Gasteiger partial charge in [0, 0.05) is 31.2 Å². The van der Waals surface area contributed by atoms with Gasteiger partial charge in [-0.1, -0.05) is 18.2 Å². The van der Waals surface area contributed by atoms with Crippen molar-refractivity contribution in [3.8, 4) is 0 Å². The Hall–Kier alpha value is -2.23. The topological polar surface area (TPSA) is 45.3 Å². The number of ether oxygens (including phenoxy) is 1. The van der Waals surface area contributed by atoms with Gasteiger partial charge in [-0.2, -0.15) is 0 Å². The molecule has 0 saturated carbocycles. The number of nitrogens with one attached hydrogen (secondary N) is 1. The summed E-state index contributed by atoms with van der Waals surface area (Å²) in [5, 5.41) is 1.07. The number of fused-ring (bicyclic) bond motifs is 1. The third-order valence-corrected chi connectivity index (χ3v) is 2.61. The Labute approximate surface area is 106 Å². The van der Waals surface area contributed by atoms with E-state index in [-0.39, 0.29) is 5.97 Å². The van der Waals surface area contributed by atoms with Crippen LogP contribution in [0, 0.1) is 0 Å². The molecule has 4 nitrogen and oxygen atoms in total. The van der Waals surface area contributed by atoms with Gasteiger partial charge in [0.05, 0.1) is 18.4 Å². The van der Waals surface area contributed by atoms with E-state index in [1.54, 1.807) is 6.20 Å². The number of rotatable bonds is 3. The Bertz CT molecular complexity index is 564. The molecule has 0 aliphatic rings. The largest absolute Gasteiger partial charge is 0.465 e. The van der Waals surface area contributed by atoms with Gasteiger partial charge in [-0.25, -0.2) is 4.79 Å². The first-order chi connectivity index (χ1) is 8.61. The van der Waals surface area contributed by atoms with Gasteiger partial charge >= 0.3 is 5.97 Å². The van der Waals surface area contributed by atoms with Crippen molar-refractivity contribution >= 4 is 22.4 Å². The molecule has 0 spiro atoms. The zero-order valence-electron chi connectivity index (χ0n) is 10.7. The molecule has 0 amide bonds. The van der Waals surface area contributed by atoms with Crippen LogP contribution in [0.5, 0.6) is 0 Å². The molecule has 1 N–H and O–H groups in total. The van der Waals surface area contributed by atoms with Crippen LogP contribution in [0.15, 0.2) is 36.5 Å². The number of nitrogens with zero attached hydrogens (tertiary/aromatic N) is 1. The fourth-order valence-electron chi connectivity index (χ4n) is 1.82. The first-order valence-corrected chi connectivity index (χ1v) is 5.66. The smallest absolute Gasteiger partial charge is 0.341 e. The van der Waals surface area contributed by atoms with Crippen molar-refractivity contribution in [1.29, 1.82) is 0 Å². The number of carbonyl (C=O) groups excluding carboxylic acids is 1. The van der Waals surface area contributed by atoms with E-state index in [0.29, 0.717) is 5.57 Å². The molecule has 0 aliphatic carbocycles. The molecular weight excluding hydrogens is 228 g/mol. The van der Waals surface area contributed by atoms with E-state index in [9.17, 15) is 4.79 Å². The molecule has 0 bridgehead atoms. The monoisotopic (exact) mass is 244 g/mol. The Morgan fingerprint density at radius 1 is 1.33 bits per heavy atom. The maximum absolute atomic E-state index is 11.8. The van der Waals surface area contributed by atoms with Crippen molar-refractivity contribution in [3.63, 3.8) is 0 Å². The first-order valence-electron chi connectivity index (χ1n) is 5.66. The predicted molar refractivity (Wildman–Crippen MR) is 72.0 cm³/mol. The number of methoxy groups -OCH3 is 1. The fourth-order valence-corrected chi connectivity index (χ4v) is 1.82. The summed E-state index contributed by atoms with van der Waals surface area (Å²) in [7, 11) is 5.12. The van der Waals surface area contributed by atoms with Gasteiger partial charge in [0.25, 0.3) is 0 Å². The summed E-state index contributed by atoms with van der Waals surface area (Å²) in [4.78, 5) is 16.8. The minimum absolute atomic E-state index is 0.352. The number of benzene rings is 1. The highest BCUT2D eigenvalue weighted by atomic mass is 16.5. The van der Waals surface area contributed by atoms with Crippen molar-refractivity contribution in [1.82, 2.24) is 9.88 Å². The molecule has 4 heteroatoms. The molecule has 94 valence electrons. The number of carbonyl (C=O) groups is 1. The van der Waals surface area contributed by atoms with Crippen LogP contribution in [0.25, 0.3) is 16.5 Å². The van der Waals surface area contributed by atoms with Crippen LogP contribution >= 0.6 is 0 Å². The number of aromatic nitrogens is 1. The van der Waals surface area contributed by atoms with Crippen LogP contribution < -0.4 is 0 Å². The highest BCUT2D eigenvalue weighted by Crippen LogP contribution is 2.21. The van der Waals surface area contributed by atoms with Gasteiger partial charge in [0.2, 0.25) is 0 Å². The van der Waals surface area contributed by atoms with Gasteiger partial charge in [0.1, 0.15) is 0 Å². The highest BCUT2D eigenvalue weighted by molar-refractivity contribution is 6.16. The van der Waals surface area contributed by atoms with E-state index >= 15 is 0 Å². The summed E-state index contributed by atoms with van der Waals surface area (Å²) >= 11 is 0. The van der Waals surface area contributed by atoms with Crippen LogP contribution in [0.2, 0.25) is 0 Å². The minimum atomic E-state index is -0.352. The molecule has 18 heavy (non-hydrogen) atoms. The zero-order chi connectivity index (χ0) is 13.1. The Kier molecular flexibility index (Phi) is 3.37. The lowest BCUT2D eigenvalue weighted by atomic mass is 10.2. The van der Waals surface area contributed by atoms with Gasteiger partial charge in [-0.3, -0.25) is 0 Å². The van der Waals surface area contributed by atoms with Crippen molar-refractivity contribution in [2.75, 3.05) is 21.2 Å². The summed E-state index contributed by atoms with van der Waals surface area (Å²) in [6.07, 6.45) is 1.75. The molecule has 2 rings (SSSR count). The van der Waals surface area contributed by atoms with Crippen molar-refractivity contribution in [2.45, 2.75) is 0 Å². The summed E-state index contributed by atoms with van der Waals surface area (Å²) in [6.45, 7) is 0. The lowest BCUT2D eigenvalue weighted by molar-refractivity contribution is -0.133. The van der Waals surface area contributed by atoms with E-state index in [1.807, 2.05) is 49.3 Å². The first kappa shape index (κ1) is 12.2. The number of hydrogen-bond donors (Lipinski definition) is 1. The second kappa shape index (κ2) is 4.96. The zero-order valence-corrected chi connectivity index (χ0v) is 10.7. The lowest BCUT2D eigenvalue weighted by Gasteiger charge is -2.09. The molecule has 0 unspecified atom stereocenters. The number of hydrogen-bond acceptors (Lipinski definition) is 3. The number of esters is 1. The van der Waals surface area contributed by atoms with Crippen LogP contribution in [0.3, 0.4) is 0 Å². The summed E-state index contributed by atoms with van der Waals surface area (Å²) in [6, 6.07) is 9.84. The predicted octanol–water partition coefficient (Wildman–Crippen LogP) is 2.24. The maximum atomic E-state index is 11.8. The van der Waals surface area contributed by atoms with Crippen LogP contribution in [0.4, 0.5) is 0 Å². The normalized spacial score (nSPS) is 11.6. The molecule has 0 fully saturated rings. The van der Waals surface area contributed by atoms with Crippen LogP contribution in [-0.4, -0.2) is 37.1 Å². The minimum Gasteiger partial charge on any atom is -0.465 e. The second-order valence-electron chi connectivity index (χ2n) is 4.27. The molecule has 1 heterocycles. The molecule has 0 atom stereocenters. The summed E-state index contributed by atoms with van der Waals surface area (Å²) < 4.78 is 4.81. The standard InChI is InChI=1S/C14H16N2O2/c1-16(2)9-11(14(17)18-3)13-8-10-6-4-5-7-12(10)15-13/h4-9,15H,1-3H3. The SMILES string of the molecule is COC(=O)C(=CN(C)C)c1cc2ccccc2[nH]1. The van der Waals surface area contributed by atoms with Crippen LogP contribution in [-0.2, 0) is 9.53 Å². The average molecular weight is 244 g/mol. The Morgan fingerprint density at radius 3 is 2.67 bits per heavy atom. The molecule has 1 aromatic carbocycles. The van der Waals surface area contributed by atoms with Gasteiger partial charge in [0.15, 0.2) is 0 Å². The molecule has 0 radical (unpaired) electrons. The molecular formula is C14H16N2O2. The Balaban J connectivity index is 2.51. The third kappa shape index (κ3) is 2.37. The second-order valence-corrected chi connectivity index (χ2v) is 4.27. The number of para-hydroxylation sites is 1. The van der Waals surface area contributed by atoms with Gasteiger partial charge in [-0.05, 0) is 12.1 Å². The van der Waals surface area contributed by atoms with E-state index < -0.39 is 0 Å². The van der Waals surface area contributed by atoms with E-state index in [4.69, 9.17) is 4.74 Å². The number of H-pyrrole nitrogens is 1. The molecule has 0 aliphatic heterocycles. The summed E-state index contributed by atoms with van der Waals surface area (Å²) in [5.74, 6) is -0.352.